The average molecular weight is 301 g/mol. The van der Waals surface area contributed by atoms with Gasteiger partial charge in [0.1, 0.15) is 12.2 Å². The molecule has 0 amide bonds. The van der Waals surface area contributed by atoms with E-state index >= 15 is 0 Å². The molecule has 2 heterocycles. The fourth-order valence-electron chi connectivity index (χ4n) is 2.08. The van der Waals surface area contributed by atoms with Gasteiger partial charge in [-0.05, 0) is 0 Å². The Bertz CT molecular complexity index is 641. The molecule has 116 valence electrons. The van der Waals surface area contributed by atoms with Crippen molar-refractivity contribution in [3.63, 3.8) is 0 Å². The van der Waals surface area contributed by atoms with Crippen LogP contribution >= 0.6 is 0 Å². The van der Waals surface area contributed by atoms with E-state index in [-0.39, 0.29) is 12.1 Å². The molecule has 9 heteroatoms. The number of hydrogen-bond donors (Lipinski definition) is 4. The number of hydrogen-bond acceptors (Lipinski definition) is 6. The molecule has 0 spiro atoms. The van der Waals surface area contributed by atoms with E-state index in [4.69, 9.17) is 15.6 Å². The van der Waals surface area contributed by atoms with Gasteiger partial charge in [0, 0.05) is 12.7 Å². The van der Waals surface area contributed by atoms with Crippen LogP contribution in [0.2, 0.25) is 0 Å². The van der Waals surface area contributed by atoms with Crippen LogP contribution in [0.25, 0.3) is 6.08 Å². The van der Waals surface area contributed by atoms with Gasteiger partial charge in [-0.15, -0.1) is 0 Å². The van der Waals surface area contributed by atoms with Crippen LogP contribution in [0.15, 0.2) is 21.9 Å². The van der Waals surface area contributed by atoms with Crippen LogP contribution in [0.1, 0.15) is 11.8 Å². The normalized spacial score (nSPS) is 29.3. The number of aliphatic hydroxyl groups excluding tert-OH is 2. The Balaban J connectivity index is 2.42. The van der Waals surface area contributed by atoms with Gasteiger partial charge in [0.25, 0.3) is 5.56 Å². The zero-order valence-electron chi connectivity index (χ0n) is 11.0. The number of halogens is 1. The van der Waals surface area contributed by atoms with Crippen LogP contribution in [0.5, 0.6) is 0 Å². The summed E-state index contributed by atoms with van der Waals surface area (Å²) in [5, 5.41) is 18.5. The standard InChI is InChI=1S/C12H16FN3O5/c13-8-9(18)7(5-17)21-11(8)16-4-6(2-1-3-14)10(19)15-12(16)20/h1-2,4,7-9,11,17-18H,3,5,14H2,(H,15,19,20)/b2-1+/t7-,8-,9-,11-/m1/s1. The Morgan fingerprint density at radius 3 is 2.81 bits per heavy atom. The minimum Gasteiger partial charge on any atom is -0.394 e. The van der Waals surface area contributed by atoms with Crippen molar-refractivity contribution in [1.82, 2.24) is 9.55 Å². The van der Waals surface area contributed by atoms with Gasteiger partial charge in [0.15, 0.2) is 12.4 Å². The van der Waals surface area contributed by atoms with Crippen molar-refractivity contribution in [1.29, 1.82) is 0 Å². The molecule has 8 nitrogen and oxygen atoms in total. The molecule has 5 N–H and O–H groups in total. The second-order valence-electron chi connectivity index (χ2n) is 4.57. The number of aromatic nitrogens is 2. The van der Waals surface area contributed by atoms with Crippen molar-refractivity contribution < 1.29 is 19.3 Å². The summed E-state index contributed by atoms with van der Waals surface area (Å²) in [4.78, 5) is 25.4. The summed E-state index contributed by atoms with van der Waals surface area (Å²) >= 11 is 0. The van der Waals surface area contributed by atoms with Gasteiger partial charge in [0.05, 0.1) is 12.2 Å². The molecule has 0 bridgehead atoms. The van der Waals surface area contributed by atoms with Gasteiger partial charge in [0.2, 0.25) is 0 Å². The number of aromatic amines is 1. The molecule has 0 saturated carbocycles. The van der Waals surface area contributed by atoms with E-state index in [9.17, 15) is 19.1 Å². The largest absolute Gasteiger partial charge is 0.394 e. The maximum atomic E-state index is 14.0. The van der Waals surface area contributed by atoms with Crippen molar-refractivity contribution >= 4 is 6.08 Å². The molecule has 1 aliphatic heterocycles. The summed E-state index contributed by atoms with van der Waals surface area (Å²) in [5.74, 6) is 0. The van der Waals surface area contributed by atoms with E-state index in [2.05, 4.69) is 0 Å². The summed E-state index contributed by atoms with van der Waals surface area (Å²) in [6, 6.07) is 0. The number of nitrogens with zero attached hydrogens (tertiary/aromatic N) is 1. The Labute approximate surface area is 118 Å². The van der Waals surface area contributed by atoms with Gasteiger partial charge >= 0.3 is 5.69 Å². The van der Waals surface area contributed by atoms with Crippen molar-refractivity contribution in [2.45, 2.75) is 24.6 Å². The molecule has 0 aliphatic carbocycles. The van der Waals surface area contributed by atoms with Crippen LogP contribution in [0.4, 0.5) is 4.39 Å². The molecule has 1 aromatic heterocycles. The maximum Gasteiger partial charge on any atom is 0.330 e. The number of aliphatic hydroxyl groups is 2. The lowest BCUT2D eigenvalue weighted by Crippen LogP contribution is -2.36. The van der Waals surface area contributed by atoms with Gasteiger partial charge in [-0.3, -0.25) is 14.3 Å². The Morgan fingerprint density at radius 2 is 2.24 bits per heavy atom. The van der Waals surface area contributed by atoms with Crippen LogP contribution in [-0.2, 0) is 4.74 Å². The molecule has 4 atom stereocenters. The lowest BCUT2D eigenvalue weighted by atomic mass is 10.1. The minimum atomic E-state index is -1.91. The summed E-state index contributed by atoms with van der Waals surface area (Å²) in [7, 11) is 0. The number of rotatable bonds is 4. The average Bonchev–Trinajstić information content (AvgIpc) is 2.74. The van der Waals surface area contributed by atoms with Crippen molar-refractivity contribution in [3.8, 4) is 0 Å². The molecule has 1 fully saturated rings. The highest BCUT2D eigenvalue weighted by Gasteiger charge is 2.45. The molecule has 0 unspecified atom stereocenters. The monoisotopic (exact) mass is 301 g/mol. The van der Waals surface area contributed by atoms with Gasteiger partial charge in [-0.1, -0.05) is 12.2 Å². The number of nitrogens with one attached hydrogen (secondary N) is 1. The van der Waals surface area contributed by atoms with E-state index < -0.39 is 42.5 Å². The molecule has 1 aromatic rings. The van der Waals surface area contributed by atoms with Gasteiger partial charge < -0.3 is 20.7 Å². The lowest BCUT2D eigenvalue weighted by molar-refractivity contribution is -0.0491. The molecule has 0 radical (unpaired) electrons. The summed E-state index contributed by atoms with van der Waals surface area (Å²) in [6.45, 7) is -0.397. The number of alkyl halides is 1. The van der Waals surface area contributed by atoms with Crippen LogP contribution in [0, 0.1) is 0 Å². The summed E-state index contributed by atoms with van der Waals surface area (Å²) in [5.41, 5.74) is 3.86. The lowest BCUT2D eigenvalue weighted by Gasteiger charge is -2.16. The molecule has 1 saturated heterocycles. The third-order valence-electron chi connectivity index (χ3n) is 3.18. The number of nitrogens with two attached hydrogens (primary N) is 1. The number of ether oxygens (including phenoxy) is 1. The first kappa shape index (κ1) is 15.6. The summed E-state index contributed by atoms with van der Waals surface area (Å²) in [6.07, 6.45) is -2.02. The van der Waals surface area contributed by atoms with Crippen molar-refractivity contribution in [2.24, 2.45) is 5.73 Å². The first-order chi connectivity index (χ1) is 9.99. The van der Waals surface area contributed by atoms with Crippen LogP contribution in [0.3, 0.4) is 0 Å². The minimum absolute atomic E-state index is 0.0952. The SMILES string of the molecule is NC/C=C/c1cn([C@@H]2O[C@H](CO)[C@@H](O)[C@H]2F)c(=O)[nH]c1=O. The first-order valence-electron chi connectivity index (χ1n) is 6.30. The van der Waals surface area contributed by atoms with Gasteiger partial charge in [-0.25, -0.2) is 9.18 Å². The predicted molar refractivity (Wildman–Crippen MR) is 71.3 cm³/mol. The molecule has 0 aromatic carbocycles. The summed E-state index contributed by atoms with van der Waals surface area (Å²) < 4.78 is 19.9. The van der Waals surface area contributed by atoms with Gasteiger partial charge in [-0.2, -0.15) is 0 Å². The Kier molecular flexibility index (Phi) is 4.68. The highest BCUT2D eigenvalue weighted by atomic mass is 19.1. The molecule has 1 aliphatic rings. The molecule has 2 rings (SSSR count). The molecular weight excluding hydrogens is 285 g/mol. The van der Waals surface area contributed by atoms with Crippen molar-refractivity contribution in [3.05, 3.63) is 38.7 Å². The van der Waals surface area contributed by atoms with Crippen LogP contribution < -0.4 is 17.0 Å². The zero-order chi connectivity index (χ0) is 15.6. The molecule has 21 heavy (non-hydrogen) atoms. The Hall–Kier alpha value is -1.81. The predicted octanol–water partition coefficient (Wildman–Crippen LogP) is -1.90. The second kappa shape index (κ2) is 6.31. The van der Waals surface area contributed by atoms with E-state index in [1.807, 2.05) is 4.98 Å². The van der Waals surface area contributed by atoms with E-state index in [1.165, 1.54) is 12.2 Å². The topological polar surface area (TPSA) is 131 Å². The number of H-pyrrole nitrogens is 1. The maximum absolute atomic E-state index is 14.0. The highest BCUT2D eigenvalue weighted by Crippen LogP contribution is 2.30. The van der Waals surface area contributed by atoms with E-state index in [0.717, 1.165) is 10.8 Å². The van der Waals surface area contributed by atoms with Crippen LogP contribution in [-0.4, -0.2) is 51.3 Å². The zero-order valence-corrected chi connectivity index (χ0v) is 11.0. The molecular formula is C12H16FN3O5. The van der Waals surface area contributed by atoms with Crippen molar-refractivity contribution in [2.75, 3.05) is 13.2 Å². The van der Waals surface area contributed by atoms with E-state index in [0.29, 0.717) is 0 Å². The second-order valence-corrected chi connectivity index (χ2v) is 4.57. The fourth-order valence-corrected chi connectivity index (χ4v) is 2.08. The fraction of sp³-hybridized carbons (Fsp3) is 0.500. The van der Waals surface area contributed by atoms with E-state index in [1.54, 1.807) is 0 Å². The highest BCUT2D eigenvalue weighted by molar-refractivity contribution is 5.46. The first-order valence-corrected chi connectivity index (χ1v) is 6.30. The Morgan fingerprint density at radius 1 is 1.52 bits per heavy atom. The third kappa shape index (κ3) is 2.95. The third-order valence-corrected chi connectivity index (χ3v) is 3.18. The smallest absolute Gasteiger partial charge is 0.330 e. The quantitative estimate of drug-likeness (QED) is 0.514.